The van der Waals surface area contributed by atoms with Crippen LogP contribution in [-0.4, -0.2) is 34.3 Å². The molecule has 1 aliphatic rings. The van der Waals surface area contributed by atoms with Crippen LogP contribution in [-0.2, 0) is 4.79 Å². The zero-order valence-corrected chi connectivity index (χ0v) is 11.5. The Morgan fingerprint density at radius 2 is 1.89 bits per heavy atom. The van der Waals surface area contributed by atoms with Gasteiger partial charge in [-0.15, -0.1) is 0 Å². The minimum Gasteiger partial charge on any atom is -0.481 e. The number of anilines is 1. The fourth-order valence-electron chi connectivity index (χ4n) is 2.24. The normalized spacial score (nSPS) is 19.8. The molecule has 106 valence electrons. The predicted molar refractivity (Wildman–Crippen MR) is 70.2 cm³/mol. The highest BCUT2D eigenvalue weighted by atomic mass is 16.5. The van der Waals surface area contributed by atoms with Crippen molar-refractivity contribution in [2.24, 2.45) is 5.92 Å². The Morgan fingerprint density at radius 3 is 2.47 bits per heavy atom. The van der Waals surface area contributed by atoms with E-state index in [1.165, 1.54) is 12.8 Å². The van der Waals surface area contributed by atoms with Gasteiger partial charge in [-0.2, -0.15) is 4.98 Å². The van der Waals surface area contributed by atoms with Gasteiger partial charge in [0.1, 0.15) is 0 Å². The van der Waals surface area contributed by atoms with Crippen molar-refractivity contribution in [2.75, 3.05) is 18.0 Å². The van der Waals surface area contributed by atoms with Gasteiger partial charge < -0.3 is 14.5 Å². The van der Waals surface area contributed by atoms with Crippen molar-refractivity contribution in [3.63, 3.8) is 0 Å². The summed E-state index contributed by atoms with van der Waals surface area (Å²) in [6.45, 7) is 5.35. The van der Waals surface area contributed by atoms with Gasteiger partial charge in [-0.25, -0.2) is 0 Å². The van der Waals surface area contributed by atoms with Crippen molar-refractivity contribution in [3.05, 3.63) is 5.89 Å². The smallest absolute Gasteiger partial charge is 0.307 e. The molecular formula is C13H21N3O3. The van der Waals surface area contributed by atoms with Crippen molar-refractivity contribution in [1.82, 2.24) is 10.1 Å². The maximum atomic E-state index is 11.0. The molecule has 19 heavy (non-hydrogen) atoms. The molecule has 0 spiro atoms. The van der Waals surface area contributed by atoms with Gasteiger partial charge >= 0.3 is 5.97 Å². The minimum absolute atomic E-state index is 0.272. The molecule has 6 heteroatoms. The summed E-state index contributed by atoms with van der Waals surface area (Å²) in [4.78, 5) is 17.5. The monoisotopic (exact) mass is 267 g/mol. The van der Waals surface area contributed by atoms with Crippen molar-refractivity contribution < 1.29 is 14.4 Å². The summed E-state index contributed by atoms with van der Waals surface area (Å²) in [6.07, 6.45) is 4.78. The Hall–Kier alpha value is -1.59. The van der Waals surface area contributed by atoms with Crippen LogP contribution in [0.15, 0.2) is 4.52 Å². The third-order valence-electron chi connectivity index (χ3n) is 3.85. The molecule has 0 radical (unpaired) electrons. The number of hydrogen-bond acceptors (Lipinski definition) is 5. The molecule has 2 rings (SSSR count). The summed E-state index contributed by atoms with van der Waals surface area (Å²) in [5.74, 6) is -0.638. The van der Waals surface area contributed by atoms with E-state index in [4.69, 9.17) is 9.63 Å². The number of carbonyl (C=O) groups is 1. The van der Waals surface area contributed by atoms with Crippen molar-refractivity contribution >= 4 is 11.9 Å². The number of aliphatic carboxylic acids is 1. The molecule has 1 aromatic rings. The lowest BCUT2D eigenvalue weighted by atomic mass is 9.96. The van der Waals surface area contributed by atoms with Gasteiger partial charge in [0, 0.05) is 19.0 Å². The first-order valence-electron chi connectivity index (χ1n) is 6.91. The van der Waals surface area contributed by atoms with E-state index in [2.05, 4.69) is 15.0 Å². The number of nitrogens with zero attached hydrogens (tertiary/aromatic N) is 3. The first-order chi connectivity index (χ1) is 9.09. The Bertz CT molecular complexity index is 425. The summed E-state index contributed by atoms with van der Waals surface area (Å²) < 4.78 is 5.23. The highest BCUT2D eigenvalue weighted by molar-refractivity contribution is 5.70. The lowest BCUT2D eigenvalue weighted by Gasteiger charge is -2.16. The number of aromatic nitrogens is 2. The molecule has 1 aromatic heterocycles. The van der Waals surface area contributed by atoms with Crippen LogP contribution >= 0.6 is 0 Å². The SMILES string of the molecule is CC(C(=O)O)C(C)c1nc(N2CCCCCC2)no1. The Morgan fingerprint density at radius 1 is 1.26 bits per heavy atom. The van der Waals surface area contributed by atoms with Crippen LogP contribution in [0.4, 0.5) is 5.95 Å². The molecule has 1 N–H and O–H groups in total. The summed E-state index contributed by atoms with van der Waals surface area (Å²) in [6, 6.07) is 0. The topological polar surface area (TPSA) is 79.5 Å². The number of carboxylic acid groups (broad SMARTS) is 1. The predicted octanol–water partition coefficient (Wildman–Crippen LogP) is 2.27. The van der Waals surface area contributed by atoms with Gasteiger partial charge in [0.15, 0.2) is 0 Å². The van der Waals surface area contributed by atoms with Crippen LogP contribution in [0.5, 0.6) is 0 Å². The maximum absolute atomic E-state index is 11.0. The van der Waals surface area contributed by atoms with Crippen LogP contribution in [0, 0.1) is 5.92 Å². The summed E-state index contributed by atoms with van der Waals surface area (Å²) in [5, 5.41) is 13.0. The third-order valence-corrected chi connectivity index (χ3v) is 3.85. The fraction of sp³-hybridized carbons (Fsp3) is 0.769. The number of rotatable bonds is 4. The van der Waals surface area contributed by atoms with Crippen LogP contribution in [0.1, 0.15) is 51.3 Å². The van der Waals surface area contributed by atoms with E-state index in [9.17, 15) is 4.79 Å². The quantitative estimate of drug-likeness (QED) is 0.901. The maximum Gasteiger partial charge on any atom is 0.307 e. The Labute approximate surface area is 112 Å². The molecule has 1 saturated heterocycles. The minimum atomic E-state index is -0.845. The molecule has 0 aromatic carbocycles. The van der Waals surface area contributed by atoms with Crippen LogP contribution in [0.3, 0.4) is 0 Å². The second-order valence-electron chi connectivity index (χ2n) is 5.25. The van der Waals surface area contributed by atoms with E-state index in [-0.39, 0.29) is 5.92 Å². The van der Waals surface area contributed by atoms with E-state index in [1.807, 2.05) is 0 Å². The van der Waals surface area contributed by atoms with Crippen LogP contribution in [0.2, 0.25) is 0 Å². The highest BCUT2D eigenvalue weighted by Crippen LogP contribution is 2.25. The highest BCUT2D eigenvalue weighted by Gasteiger charge is 2.27. The molecule has 2 atom stereocenters. The second kappa shape index (κ2) is 6.04. The first kappa shape index (κ1) is 13.8. The van der Waals surface area contributed by atoms with E-state index < -0.39 is 11.9 Å². The molecule has 1 fully saturated rings. The molecule has 1 aliphatic heterocycles. The molecule has 0 aliphatic carbocycles. The van der Waals surface area contributed by atoms with Gasteiger partial charge in [0.25, 0.3) is 5.95 Å². The van der Waals surface area contributed by atoms with E-state index in [1.54, 1.807) is 13.8 Å². The second-order valence-corrected chi connectivity index (χ2v) is 5.25. The first-order valence-corrected chi connectivity index (χ1v) is 6.91. The van der Waals surface area contributed by atoms with Gasteiger partial charge in [0.05, 0.1) is 5.92 Å². The Kier molecular flexibility index (Phi) is 4.39. The molecular weight excluding hydrogens is 246 g/mol. The molecule has 6 nitrogen and oxygen atoms in total. The van der Waals surface area contributed by atoms with Crippen LogP contribution < -0.4 is 4.90 Å². The average Bonchev–Trinajstić information content (AvgIpc) is 2.72. The van der Waals surface area contributed by atoms with Crippen LogP contribution in [0.25, 0.3) is 0 Å². The zero-order valence-electron chi connectivity index (χ0n) is 11.5. The summed E-state index contributed by atoms with van der Waals surface area (Å²) >= 11 is 0. The van der Waals surface area contributed by atoms with Crippen molar-refractivity contribution in [1.29, 1.82) is 0 Å². The number of carboxylic acids is 1. The lowest BCUT2D eigenvalue weighted by Crippen LogP contribution is -2.25. The summed E-state index contributed by atoms with van der Waals surface area (Å²) in [7, 11) is 0. The van der Waals surface area contributed by atoms with Crippen molar-refractivity contribution in [3.8, 4) is 0 Å². The number of hydrogen-bond donors (Lipinski definition) is 1. The lowest BCUT2D eigenvalue weighted by molar-refractivity contribution is -0.141. The molecule has 2 heterocycles. The van der Waals surface area contributed by atoms with Gasteiger partial charge in [0.2, 0.25) is 5.89 Å². The van der Waals surface area contributed by atoms with E-state index >= 15 is 0 Å². The molecule has 2 unspecified atom stereocenters. The molecule has 0 bridgehead atoms. The van der Waals surface area contributed by atoms with Gasteiger partial charge in [-0.1, -0.05) is 26.7 Å². The van der Waals surface area contributed by atoms with E-state index in [0.29, 0.717) is 11.8 Å². The van der Waals surface area contributed by atoms with Gasteiger partial charge in [-0.05, 0) is 18.0 Å². The summed E-state index contributed by atoms with van der Waals surface area (Å²) in [5.41, 5.74) is 0. The third kappa shape index (κ3) is 3.24. The van der Waals surface area contributed by atoms with Gasteiger partial charge in [-0.3, -0.25) is 4.79 Å². The molecule has 0 amide bonds. The van der Waals surface area contributed by atoms with Crippen molar-refractivity contribution in [2.45, 2.75) is 45.4 Å². The molecule has 0 saturated carbocycles. The fourth-order valence-corrected chi connectivity index (χ4v) is 2.24. The standard InChI is InChI=1S/C13H21N3O3/c1-9(10(2)12(17)18)11-14-13(15-19-11)16-7-5-3-4-6-8-16/h9-10H,3-8H2,1-2H3,(H,17,18). The zero-order chi connectivity index (χ0) is 13.8. The Balaban J connectivity index is 2.07. The largest absolute Gasteiger partial charge is 0.481 e. The average molecular weight is 267 g/mol. The van der Waals surface area contributed by atoms with E-state index in [0.717, 1.165) is 25.9 Å².